The summed E-state index contributed by atoms with van der Waals surface area (Å²) < 4.78 is 0. The van der Waals surface area contributed by atoms with Crippen LogP contribution < -0.4 is 10.2 Å². The summed E-state index contributed by atoms with van der Waals surface area (Å²) in [5, 5.41) is 3.15. The maximum Gasteiger partial charge on any atom is 0.209 e. The quantitative estimate of drug-likeness (QED) is 0.377. The Morgan fingerprint density at radius 1 is 0.767 bits per heavy atom. The molecule has 152 valence electrons. The van der Waals surface area contributed by atoms with Crippen LogP contribution >= 0.6 is 0 Å². The predicted octanol–water partition coefficient (Wildman–Crippen LogP) is 5.59. The molecule has 0 fully saturated rings. The third kappa shape index (κ3) is 5.23. The fourth-order valence-electron chi connectivity index (χ4n) is 3.22. The van der Waals surface area contributed by atoms with E-state index >= 15 is 0 Å². The number of hydrogen-bond acceptors (Lipinski definition) is 4. The molecule has 0 amide bonds. The van der Waals surface area contributed by atoms with Gasteiger partial charge in [-0.1, -0.05) is 60.7 Å². The van der Waals surface area contributed by atoms with E-state index in [-0.39, 0.29) is 17.3 Å². The lowest BCUT2D eigenvalue weighted by Crippen LogP contribution is -2.21. The van der Waals surface area contributed by atoms with Crippen LogP contribution in [0.2, 0.25) is 0 Å². The third-order valence-electron chi connectivity index (χ3n) is 4.89. The van der Waals surface area contributed by atoms with Crippen molar-refractivity contribution in [2.45, 2.75) is 13.8 Å². The molecule has 3 aromatic rings. The molecule has 4 nitrogen and oxygen atoms in total. The number of hydrogen-bond donors (Lipinski definition) is 1. The number of allylic oxidation sites excluding steroid dienone is 2. The van der Waals surface area contributed by atoms with Crippen LogP contribution in [0.4, 0.5) is 11.4 Å². The standard InChI is InChI=1S/C26H26N2O2/c1-3-28(4-2)23-17-15-22(16-18-23)27-24(26(30)21-13-9-6-10-14-21)19-25(29)20-11-7-5-8-12-20/h5-19,27H,3-4H2,1-2H3/b24-19+. The molecular weight excluding hydrogens is 372 g/mol. The van der Waals surface area contributed by atoms with E-state index in [2.05, 4.69) is 24.1 Å². The van der Waals surface area contributed by atoms with Crippen LogP contribution in [0.15, 0.2) is 96.7 Å². The zero-order valence-corrected chi connectivity index (χ0v) is 17.3. The van der Waals surface area contributed by atoms with Gasteiger partial charge in [-0.2, -0.15) is 0 Å². The minimum absolute atomic E-state index is 0.220. The Balaban J connectivity index is 1.90. The Labute approximate surface area is 177 Å². The maximum atomic E-state index is 13.1. The first-order valence-electron chi connectivity index (χ1n) is 10.1. The zero-order valence-electron chi connectivity index (χ0n) is 17.3. The van der Waals surface area contributed by atoms with Gasteiger partial charge in [0.05, 0.1) is 5.70 Å². The van der Waals surface area contributed by atoms with Gasteiger partial charge in [0.15, 0.2) is 5.78 Å². The number of benzene rings is 3. The van der Waals surface area contributed by atoms with E-state index in [0.29, 0.717) is 11.1 Å². The molecular formula is C26H26N2O2. The number of anilines is 2. The summed E-state index contributed by atoms with van der Waals surface area (Å²) >= 11 is 0. The van der Waals surface area contributed by atoms with Crippen LogP contribution in [-0.2, 0) is 0 Å². The molecule has 0 saturated carbocycles. The molecule has 30 heavy (non-hydrogen) atoms. The molecule has 0 radical (unpaired) electrons. The molecule has 1 N–H and O–H groups in total. The van der Waals surface area contributed by atoms with Gasteiger partial charge in [0.25, 0.3) is 0 Å². The molecule has 0 aliphatic rings. The smallest absolute Gasteiger partial charge is 0.209 e. The van der Waals surface area contributed by atoms with Crippen molar-refractivity contribution in [3.05, 3.63) is 108 Å². The zero-order chi connectivity index (χ0) is 21.3. The third-order valence-corrected chi connectivity index (χ3v) is 4.89. The lowest BCUT2D eigenvalue weighted by atomic mass is 10.0. The molecule has 0 aliphatic carbocycles. The topological polar surface area (TPSA) is 49.4 Å². The van der Waals surface area contributed by atoms with Crippen molar-refractivity contribution in [2.24, 2.45) is 0 Å². The molecule has 0 atom stereocenters. The molecule has 4 heteroatoms. The normalized spacial score (nSPS) is 11.1. The minimum atomic E-state index is -0.229. The summed E-state index contributed by atoms with van der Waals surface area (Å²) in [6.45, 7) is 6.08. The molecule has 0 unspecified atom stereocenters. The van der Waals surface area contributed by atoms with Crippen LogP contribution in [-0.4, -0.2) is 24.7 Å². The Kier molecular flexibility index (Phi) is 7.17. The first-order chi connectivity index (χ1) is 14.6. The van der Waals surface area contributed by atoms with Gasteiger partial charge in [0, 0.05) is 41.7 Å². The largest absolute Gasteiger partial charge is 0.372 e. The summed E-state index contributed by atoms with van der Waals surface area (Å²) in [6.07, 6.45) is 1.38. The van der Waals surface area contributed by atoms with Gasteiger partial charge in [-0.25, -0.2) is 0 Å². The second-order valence-corrected chi connectivity index (χ2v) is 6.83. The van der Waals surface area contributed by atoms with E-state index in [1.807, 2.05) is 48.5 Å². The number of nitrogens with zero attached hydrogens (tertiary/aromatic N) is 1. The van der Waals surface area contributed by atoms with Crippen LogP contribution in [0.1, 0.15) is 34.6 Å². The Hall–Kier alpha value is -3.66. The summed E-state index contributed by atoms with van der Waals surface area (Å²) in [5.41, 5.74) is 3.17. The van der Waals surface area contributed by atoms with E-state index in [1.165, 1.54) is 6.08 Å². The number of carbonyl (C=O) groups is 2. The summed E-state index contributed by atoms with van der Waals surface area (Å²) in [4.78, 5) is 28.1. The van der Waals surface area contributed by atoms with E-state index in [9.17, 15) is 9.59 Å². The van der Waals surface area contributed by atoms with Gasteiger partial charge in [0.1, 0.15) is 0 Å². The van der Waals surface area contributed by atoms with Gasteiger partial charge < -0.3 is 10.2 Å². The highest BCUT2D eigenvalue weighted by molar-refractivity contribution is 6.16. The van der Waals surface area contributed by atoms with Crippen LogP contribution in [0.3, 0.4) is 0 Å². The number of carbonyl (C=O) groups excluding carboxylic acids is 2. The fourth-order valence-corrected chi connectivity index (χ4v) is 3.22. The van der Waals surface area contributed by atoms with E-state index in [0.717, 1.165) is 24.5 Å². The Bertz CT molecular complexity index is 1010. The Morgan fingerprint density at radius 3 is 1.83 bits per heavy atom. The monoisotopic (exact) mass is 398 g/mol. The highest BCUT2D eigenvalue weighted by Gasteiger charge is 2.15. The van der Waals surface area contributed by atoms with Gasteiger partial charge in [-0.05, 0) is 38.1 Å². The molecule has 0 aromatic heterocycles. The minimum Gasteiger partial charge on any atom is -0.372 e. The van der Waals surface area contributed by atoms with Crippen LogP contribution in [0.25, 0.3) is 0 Å². The van der Waals surface area contributed by atoms with Crippen molar-refractivity contribution in [1.29, 1.82) is 0 Å². The van der Waals surface area contributed by atoms with Gasteiger partial charge >= 0.3 is 0 Å². The van der Waals surface area contributed by atoms with Gasteiger partial charge in [-0.3, -0.25) is 9.59 Å². The first kappa shape index (κ1) is 21.1. The van der Waals surface area contributed by atoms with Gasteiger partial charge in [-0.15, -0.1) is 0 Å². The fraction of sp³-hybridized carbons (Fsp3) is 0.154. The molecule has 0 bridgehead atoms. The molecule has 3 rings (SSSR count). The summed E-state index contributed by atoms with van der Waals surface area (Å²) in [6, 6.07) is 25.8. The lowest BCUT2D eigenvalue weighted by molar-refractivity contribution is 0.101. The second kappa shape index (κ2) is 10.2. The van der Waals surface area contributed by atoms with Crippen LogP contribution in [0.5, 0.6) is 0 Å². The molecule has 0 heterocycles. The highest BCUT2D eigenvalue weighted by Crippen LogP contribution is 2.20. The average molecular weight is 399 g/mol. The molecule has 0 saturated heterocycles. The molecule has 0 spiro atoms. The Morgan fingerprint density at radius 2 is 1.30 bits per heavy atom. The van der Waals surface area contributed by atoms with E-state index < -0.39 is 0 Å². The number of ketones is 2. The second-order valence-electron chi connectivity index (χ2n) is 6.83. The van der Waals surface area contributed by atoms with Crippen LogP contribution in [0, 0.1) is 0 Å². The highest BCUT2D eigenvalue weighted by atomic mass is 16.1. The van der Waals surface area contributed by atoms with Crippen molar-refractivity contribution >= 4 is 22.9 Å². The summed E-state index contributed by atoms with van der Waals surface area (Å²) in [5.74, 6) is -0.449. The number of rotatable bonds is 9. The average Bonchev–Trinajstić information content (AvgIpc) is 2.81. The lowest BCUT2D eigenvalue weighted by Gasteiger charge is -2.21. The van der Waals surface area contributed by atoms with E-state index in [1.54, 1.807) is 36.4 Å². The predicted molar refractivity (Wildman–Crippen MR) is 123 cm³/mol. The SMILES string of the molecule is CCN(CC)c1ccc(N/C(=C/C(=O)c2ccccc2)C(=O)c2ccccc2)cc1. The molecule has 3 aromatic carbocycles. The van der Waals surface area contributed by atoms with Crippen molar-refractivity contribution in [1.82, 2.24) is 0 Å². The maximum absolute atomic E-state index is 13.1. The summed E-state index contributed by atoms with van der Waals surface area (Å²) in [7, 11) is 0. The van der Waals surface area contributed by atoms with Crippen molar-refractivity contribution in [2.75, 3.05) is 23.3 Å². The first-order valence-corrected chi connectivity index (χ1v) is 10.1. The van der Waals surface area contributed by atoms with Crippen molar-refractivity contribution < 1.29 is 9.59 Å². The number of nitrogens with one attached hydrogen (secondary N) is 1. The van der Waals surface area contributed by atoms with Crippen molar-refractivity contribution in [3.8, 4) is 0 Å². The van der Waals surface area contributed by atoms with Crippen molar-refractivity contribution in [3.63, 3.8) is 0 Å². The molecule has 0 aliphatic heterocycles. The van der Waals surface area contributed by atoms with E-state index in [4.69, 9.17) is 0 Å². The number of Topliss-reactive ketones (excluding diaryl/α,β-unsaturated/α-hetero) is 1. The van der Waals surface area contributed by atoms with Gasteiger partial charge in [0.2, 0.25) is 5.78 Å².